The highest BCUT2D eigenvalue weighted by Crippen LogP contribution is 2.14. The molecule has 5 nitrogen and oxygen atoms in total. The van der Waals surface area contributed by atoms with Crippen molar-refractivity contribution in [2.75, 3.05) is 26.2 Å². The van der Waals surface area contributed by atoms with E-state index in [1.807, 2.05) is 31.2 Å². The molecule has 0 unspecified atom stereocenters. The van der Waals surface area contributed by atoms with Crippen molar-refractivity contribution in [1.29, 1.82) is 0 Å². The van der Waals surface area contributed by atoms with Crippen molar-refractivity contribution < 1.29 is 19.6 Å². The topological polar surface area (TPSA) is 55.9 Å². The van der Waals surface area contributed by atoms with Gasteiger partial charge in [0, 0.05) is 12.6 Å². The van der Waals surface area contributed by atoms with Crippen LogP contribution in [0, 0.1) is 0 Å². The van der Waals surface area contributed by atoms with Crippen molar-refractivity contribution >= 4 is 11.8 Å². The number of rotatable bonds is 8. The molecule has 1 saturated heterocycles. The van der Waals surface area contributed by atoms with Crippen molar-refractivity contribution in [3.63, 3.8) is 0 Å². The number of likely N-dealkylation sites (tertiary alicyclic amines) is 1. The molecule has 5 heteroatoms. The van der Waals surface area contributed by atoms with Gasteiger partial charge >= 0.3 is 6.08 Å². The molecule has 0 aromatic heterocycles. The number of piperidine rings is 1. The maximum absolute atomic E-state index is 10.0. The number of aliphatic hydroxyl groups is 1. The summed E-state index contributed by atoms with van der Waals surface area (Å²) in [5.41, 5.74) is 0.756. The Bertz CT molecular complexity index is 513. The van der Waals surface area contributed by atoms with Crippen LogP contribution in [0.1, 0.15) is 46.0 Å². The predicted molar refractivity (Wildman–Crippen MR) is 95.9 cm³/mol. The van der Waals surface area contributed by atoms with E-state index in [0.717, 1.165) is 43.9 Å². The number of hydrogen-bond donors (Lipinski definition) is 2. The highest BCUT2D eigenvalue weighted by atomic mass is 16.6. The lowest BCUT2D eigenvalue weighted by molar-refractivity contribution is -0.383. The molecule has 0 saturated carbocycles. The van der Waals surface area contributed by atoms with Crippen LogP contribution in [0.2, 0.25) is 0 Å². The molecule has 1 aromatic carbocycles. The van der Waals surface area contributed by atoms with Crippen molar-refractivity contribution in [3.8, 4) is 5.75 Å². The van der Waals surface area contributed by atoms with E-state index in [4.69, 9.17) is 9.47 Å². The van der Waals surface area contributed by atoms with Gasteiger partial charge in [0.25, 0.3) is 0 Å². The minimum absolute atomic E-state index is 0.0559. The third-order valence-electron chi connectivity index (χ3n) is 4.13. The molecule has 2 rings (SSSR count). The Morgan fingerprint density at radius 2 is 2.08 bits per heavy atom. The molecule has 0 radical (unpaired) electrons. The first kappa shape index (κ1) is 18.6. The molecule has 1 aromatic rings. The zero-order chi connectivity index (χ0) is 17.2. The van der Waals surface area contributed by atoms with Gasteiger partial charge in [-0.3, -0.25) is 4.90 Å². The van der Waals surface area contributed by atoms with E-state index in [-0.39, 0.29) is 12.2 Å². The average Bonchev–Trinajstić information content (AvgIpc) is 2.56. The van der Waals surface area contributed by atoms with Gasteiger partial charge in [-0.2, -0.15) is 0 Å². The highest BCUT2D eigenvalue weighted by Gasteiger charge is 2.17. The number of nitrogens with zero attached hydrogens (tertiary/aromatic N) is 1. The van der Waals surface area contributed by atoms with Crippen LogP contribution in [-0.4, -0.2) is 48.4 Å². The van der Waals surface area contributed by atoms with E-state index < -0.39 is 0 Å². The number of ether oxygens (including phenoxy) is 2. The van der Waals surface area contributed by atoms with Crippen LogP contribution < -0.4 is 9.73 Å². The van der Waals surface area contributed by atoms with Crippen LogP contribution >= 0.6 is 0 Å². The van der Waals surface area contributed by atoms with Crippen LogP contribution in [-0.2, 0) is 4.74 Å². The van der Waals surface area contributed by atoms with Gasteiger partial charge in [0.15, 0.2) is 0 Å². The summed E-state index contributed by atoms with van der Waals surface area (Å²) in [6.07, 6.45) is 5.75. The van der Waals surface area contributed by atoms with Gasteiger partial charge in [-0.25, -0.2) is 0 Å². The van der Waals surface area contributed by atoms with Gasteiger partial charge in [-0.15, -0.1) is 4.99 Å². The number of benzene rings is 1. The fraction of sp³-hybridized carbons (Fsp3) is 0.632. The Morgan fingerprint density at radius 3 is 2.83 bits per heavy atom. The number of aliphatic hydroxyl groups excluding tert-OH is 1. The lowest BCUT2D eigenvalue weighted by Crippen LogP contribution is -2.67. The van der Waals surface area contributed by atoms with Crippen molar-refractivity contribution in [2.45, 2.75) is 52.1 Å². The monoisotopic (exact) mass is 335 g/mol. The van der Waals surface area contributed by atoms with Gasteiger partial charge in [0.1, 0.15) is 11.9 Å². The van der Waals surface area contributed by atoms with Crippen LogP contribution in [0.25, 0.3) is 0 Å². The zero-order valence-electron chi connectivity index (χ0n) is 15.0. The summed E-state index contributed by atoms with van der Waals surface area (Å²) < 4.78 is 11.2. The maximum Gasteiger partial charge on any atom is 0.551 e. The quantitative estimate of drug-likeness (QED) is 0.435. The fourth-order valence-corrected chi connectivity index (χ4v) is 2.88. The first-order valence-corrected chi connectivity index (χ1v) is 9.12. The molecule has 1 atom stereocenters. The molecule has 1 fully saturated rings. The van der Waals surface area contributed by atoms with E-state index in [2.05, 4.69) is 16.8 Å². The molecule has 0 aliphatic carbocycles. The Kier molecular flexibility index (Phi) is 7.89. The Morgan fingerprint density at radius 1 is 1.29 bits per heavy atom. The van der Waals surface area contributed by atoms with E-state index in [1.54, 1.807) is 0 Å². The van der Waals surface area contributed by atoms with Gasteiger partial charge in [0.2, 0.25) is 5.69 Å². The molecule has 0 amide bonds. The summed E-state index contributed by atoms with van der Waals surface area (Å²) in [7, 11) is 0. The summed E-state index contributed by atoms with van der Waals surface area (Å²) in [4.78, 5) is 5.28. The minimum Gasteiger partial charge on any atom is -0.493 e. The third kappa shape index (κ3) is 6.79. The number of nitrogens with one attached hydrogen (secondary N) is 1. The zero-order valence-corrected chi connectivity index (χ0v) is 15.0. The molecule has 2 N–H and O–H groups in total. The van der Waals surface area contributed by atoms with E-state index >= 15 is 0 Å². The SMILES string of the molecule is CCCCOc1cccc([NH+]=C(O)O[C@H](C)CN2CCCCC2)c1. The Labute approximate surface area is 145 Å². The van der Waals surface area contributed by atoms with Crippen LogP contribution in [0.3, 0.4) is 0 Å². The molecule has 24 heavy (non-hydrogen) atoms. The standard InChI is InChI=1S/C19H30N2O3/c1-3-4-13-23-18-10-8-9-17(14-18)20-19(22)24-16(2)15-21-11-6-5-7-12-21/h8-10,14,16H,3-7,11-13,15H2,1-2H3,(H,20,22)/p+1/t16-/m1/s1. The molecule has 1 aliphatic heterocycles. The summed E-state index contributed by atoms with van der Waals surface area (Å²) in [6, 6.07) is 7.55. The third-order valence-corrected chi connectivity index (χ3v) is 4.13. The second-order valence-corrected chi connectivity index (χ2v) is 6.45. The first-order valence-electron chi connectivity index (χ1n) is 9.12. The fourth-order valence-electron chi connectivity index (χ4n) is 2.88. The molecular weight excluding hydrogens is 304 g/mol. The van der Waals surface area contributed by atoms with Crippen molar-refractivity contribution in [3.05, 3.63) is 24.3 Å². The summed E-state index contributed by atoms with van der Waals surface area (Å²) in [6.45, 7) is 7.91. The highest BCUT2D eigenvalue weighted by molar-refractivity contribution is 5.59. The number of hydrogen-bond acceptors (Lipinski definition) is 3. The predicted octanol–water partition coefficient (Wildman–Crippen LogP) is 2.38. The number of unbranched alkanes of at least 4 members (excludes halogenated alkanes) is 1. The minimum atomic E-state index is -0.162. The molecule has 0 bridgehead atoms. The lowest BCUT2D eigenvalue weighted by Gasteiger charge is -2.28. The largest absolute Gasteiger partial charge is 0.551 e. The second kappa shape index (κ2) is 10.2. The molecule has 0 spiro atoms. The maximum atomic E-state index is 10.0. The van der Waals surface area contributed by atoms with E-state index in [9.17, 15) is 5.11 Å². The van der Waals surface area contributed by atoms with E-state index in [0.29, 0.717) is 6.61 Å². The van der Waals surface area contributed by atoms with Crippen molar-refractivity contribution in [2.24, 2.45) is 0 Å². The van der Waals surface area contributed by atoms with Gasteiger partial charge in [-0.05, 0) is 45.3 Å². The van der Waals surface area contributed by atoms with Crippen molar-refractivity contribution in [1.82, 2.24) is 4.90 Å². The van der Waals surface area contributed by atoms with Gasteiger partial charge in [-0.1, -0.05) is 25.8 Å². The van der Waals surface area contributed by atoms with Gasteiger partial charge in [0.05, 0.1) is 12.7 Å². The second-order valence-electron chi connectivity index (χ2n) is 6.45. The normalized spacial score (nSPS) is 17.5. The average molecular weight is 335 g/mol. The van der Waals surface area contributed by atoms with Crippen LogP contribution in [0.5, 0.6) is 5.75 Å². The Balaban J connectivity index is 1.83. The summed E-state index contributed by atoms with van der Waals surface area (Å²) >= 11 is 0. The Hall–Kier alpha value is -1.75. The van der Waals surface area contributed by atoms with Crippen LogP contribution in [0.4, 0.5) is 5.69 Å². The first-order chi connectivity index (χ1) is 11.7. The molecule has 134 valence electrons. The molecule has 1 aliphatic rings. The summed E-state index contributed by atoms with van der Waals surface area (Å²) in [5.74, 6) is 0.794. The van der Waals surface area contributed by atoms with E-state index in [1.165, 1.54) is 19.3 Å². The van der Waals surface area contributed by atoms with Gasteiger partial charge < -0.3 is 14.6 Å². The molecule has 1 heterocycles. The lowest BCUT2D eigenvalue weighted by atomic mass is 10.1. The summed E-state index contributed by atoms with van der Waals surface area (Å²) in [5, 5.41) is 10.0. The van der Waals surface area contributed by atoms with Crippen LogP contribution in [0.15, 0.2) is 24.3 Å². The molecular formula is C19H31N2O3+. The smallest absolute Gasteiger partial charge is 0.493 e.